The molecule has 0 aliphatic heterocycles. The molecule has 1 aromatic heterocycles. The van der Waals surface area contributed by atoms with Crippen molar-refractivity contribution in [2.24, 2.45) is 5.73 Å². The molecule has 5 heteroatoms. The van der Waals surface area contributed by atoms with E-state index in [1.54, 1.807) is 20.8 Å². The zero-order valence-corrected chi connectivity index (χ0v) is 7.84. The predicted molar refractivity (Wildman–Crippen MR) is 45.7 cm³/mol. The largest absolute Gasteiger partial charge is 0.365 e. The Bertz CT molecular complexity index is 338. The third-order valence-electron chi connectivity index (χ3n) is 1.61. The van der Waals surface area contributed by atoms with Gasteiger partial charge in [-0.2, -0.15) is 9.49 Å². The van der Waals surface area contributed by atoms with E-state index < -0.39 is 17.4 Å². The first-order chi connectivity index (χ1) is 5.84. The second-order valence-electron chi connectivity index (χ2n) is 3.80. The maximum Gasteiger partial charge on any atom is 0.254 e. The molecular weight excluding hydrogens is 173 g/mol. The van der Waals surface area contributed by atoms with Gasteiger partial charge in [0, 0.05) is 0 Å². The van der Waals surface area contributed by atoms with Crippen LogP contribution in [0.3, 0.4) is 0 Å². The lowest BCUT2D eigenvalue weighted by atomic mass is 10.1. The number of primary amides is 1. The van der Waals surface area contributed by atoms with Gasteiger partial charge in [-0.05, 0) is 20.8 Å². The van der Waals surface area contributed by atoms with Crippen molar-refractivity contribution in [1.29, 1.82) is 0 Å². The number of hydrogen-bond acceptors (Lipinski definition) is 2. The van der Waals surface area contributed by atoms with Crippen LogP contribution in [0, 0.1) is 5.95 Å². The van der Waals surface area contributed by atoms with Crippen LogP contribution < -0.4 is 5.73 Å². The van der Waals surface area contributed by atoms with E-state index in [9.17, 15) is 9.18 Å². The van der Waals surface area contributed by atoms with Gasteiger partial charge in [0.1, 0.15) is 5.56 Å². The monoisotopic (exact) mass is 185 g/mol. The lowest BCUT2D eigenvalue weighted by molar-refractivity contribution is 0.0995. The number of carbonyl (C=O) groups is 1. The van der Waals surface area contributed by atoms with Crippen LogP contribution >= 0.6 is 0 Å². The van der Waals surface area contributed by atoms with E-state index in [2.05, 4.69) is 5.10 Å². The molecule has 0 aromatic carbocycles. The first-order valence-corrected chi connectivity index (χ1v) is 3.88. The van der Waals surface area contributed by atoms with Crippen molar-refractivity contribution >= 4 is 5.91 Å². The van der Waals surface area contributed by atoms with Crippen molar-refractivity contribution in [3.8, 4) is 0 Å². The summed E-state index contributed by atoms with van der Waals surface area (Å²) in [6.45, 7) is 5.36. The second-order valence-corrected chi connectivity index (χ2v) is 3.80. The molecule has 0 unspecified atom stereocenters. The molecule has 0 radical (unpaired) electrons. The summed E-state index contributed by atoms with van der Waals surface area (Å²) in [4.78, 5) is 10.7. The smallest absolute Gasteiger partial charge is 0.254 e. The molecule has 1 amide bonds. The molecule has 4 nitrogen and oxygen atoms in total. The second kappa shape index (κ2) is 2.83. The number of aromatic nitrogens is 2. The van der Waals surface area contributed by atoms with Gasteiger partial charge in [0.2, 0.25) is 5.95 Å². The molecule has 0 aliphatic carbocycles. The van der Waals surface area contributed by atoms with Crippen molar-refractivity contribution in [2.45, 2.75) is 26.3 Å². The lowest BCUT2D eigenvalue weighted by Crippen LogP contribution is -2.25. The molecule has 2 N–H and O–H groups in total. The van der Waals surface area contributed by atoms with Crippen LogP contribution in [0.1, 0.15) is 31.1 Å². The number of nitrogens with zero attached hydrogens (tertiary/aromatic N) is 2. The van der Waals surface area contributed by atoms with Gasteiger partial charge < -0.3 is 5.73 Å². The van der Waals surface area contributed by atoms with E-state index in [0.717, 1.165) is 10.9 Å². The van der Waals surface area contributed by atoms with E-state index >= 15 is 0 Å². The Balaban J connectivity index is 3.22. The molecule has 0 fully saturated rings. The quantitative estimate of drug-likeness (QED) is 0.705. The molecule has 0 atom stereocenters. The third kappa shape index (κ3) is 1.68. The summed E-state index contributed by atoms with van der Waals surface area (Å²) in [6.07, 6.45) is 1.14. The Labute approximate surface area is 75.5 Å². The fourth-order valence-corrected chi connectivity index (χ4v) is 0.966. The van der Waals surface area contributed by atoms with Gasteiger partial charge in [0.15, 0.2) is 0 Å². The molecule has 0 spiro atoms. The maximum atomic E-state index is 13.4. The minimum absolute atomic E-state index is 0.171. The fourth-order valence-electron chi connectivity index (χ4n) is 0.966. The van der Waals surface area contributed by atoms with Crippen LogP contribution in [0.25, 0.3) is 0 Å². The minimum Gasteiger partial charge on any atom is -0.365 e. The molecule has 0 bridgehead atoms. The number of nitrogens with two attached hydrogens (primary N) is 1. The SMILES string of the molecule is CC(C)(C)n1ncc(C(N)=O)c1F. The molecule has 1 heterocycles. The van der Waals surface area contributed by atoms with E-state index in [0.29, 0.717) is 0 Å². The van der Waals surface area contributed by atoms with E-state index in [1.165, 1.54) is 0 Å². The normalized spacial score (nSPS) is 11.7. The number of amides is 1. The molecular formula is C8H12FN3O. The Kier molecular flexibility index (Phi) is 2.11. The van der Waals surface area contributed by atoms with Crippen LogP contribution in [0.5, 0.6) is 0 Å². The average molecular weight is 185 g/mol. The predicted octanol–water partition coefficient (Wildman–Crippen LogP) is 0.876. The number of carbonyl (C=O) groups excluding carboxylic acids is 1. The molecule has 72 valence electrons. The molecule has 1 rings (SSSR count). The minimum atomic E-state index is -0.798. The van der Waals surface area contributed by atoms with Crippen LogP contribution in [0.2, 0.25) is 0 Å². The first-order valence-electron chi connectivity index (χ1n) is 3.88. The van der Waals surface area contributed by atoms with E-state index in [1.807, 2.05) is 0 Å². The summed E-state index contributed by atoms with van der Waals surface area (Å²) < 4.78 is 14.5. The summed E-state index contributed by atoms with van der Waals surface area (Å²) >= 11 is 0. The Hall–Kier alpha value is -1.39. The van der Waals surface area contributed by atoms with Crippen molar-refractivity contribution < 1.29 is 9.18 Å². The zero-order chi connectivity index (χ0) is 10.2. The highest BCUT2D eigenvalue weighted by atomic mass is 19.1. The summed E-state index contributed by atoms with van der Waals surface area (Å²) in [6, 6.07) is 0. The van der Waals surface area contributed by atoms with Crippen molar-refractivity contribution in [3.63, 3.8) is 0 Å². The number of hydrogen-bond donors (Lipinski definition) is 1. The average Bonchev–Trinajstić information content (AvgIpc) is 2.28. The summed E-state index contributed by atoms with van der Waals surface area (Å²) in [7, 11) is 0. The summed E-state index contributed by atoms with van der Waals surface area (Å²) in [5.74, 6) is -1.48. The highest BCUT2D eigenvalue weighted by Crippen LogP contribution is 2.16. The first kappa shape index (κ1) is 9.70. The Morgan fingerprint density at radius 2 is 2.15 bits per heavy atom. The van der Waals surface area contributed by atoms with E-state index in [-0.39, 0.29) is 5.56 Å². The van der Waals surface area contributed by atoms with Gasteiger partial charge in [-0.3, -0.25) is 4.79 Å². The fraction of sp³-hybridized carbons (Fsp3) is 0.500. The van der Waals surface area contributed by atoms with Gasteiger partial charge in [-0.15, -0.1) is 0 Å². The van der Waals surface area contributed by atoms with Crippen molar-refractivity contribution in [2.75, 3.05) is 0 Å². The Morgan fingerprint density at radius 3 is 2.38 bits per heavy atom. The number of rotatable bonds is 1. The lowest BCUT2D eigenvalue weighted by Gasteiger charge is -2.19. The van der Waals surface area contributed by atoms with Gasteiger partial charge in [-0.1, -0.05) is 0 Å². The zero-order valence-electron chi connectivity index (χ0n) is 7.84. The summed E-state index contributed by atoms with van der Waals surface area (Å²) in [5, 5.41) is 3.75. The molecule has 0 saturated carbocycles. The van der Waals surface area contributed by atoms with E-state index in [4.69, 9.17) is 5.73 Å². The van der Waals surface area contributed by atoms with Crippen molar-refractivity contribution in [1.82, 2.24) is 9.78 Å². The maximum absolute atomic E-state index is 13.4. The van der Waals surface area contributed by atoms with Crippen LogP contribution in [-0.2, 0) is 5.54 Å². The molecule has 13 heavy (non-hydrogen) atoms. The van der Waals surface area contributed by atoms with Crippen LogP contribution in [-0.4, -0.2) is 15.7 Å². The van der Waals surface area contributed by atoms with Gasteiger partial charge in [0.25, 0.3) is 5.91 Å². The standard InChI is InChI=1S/C8H12FN3O/c1-8(2,3)12-6(9)5(4-11-12)7(10)13/h4H,1-3H3,(H2,10,13). The van der Waals surface area contributed by atoms with Crippen molar-refractivity contribution in [3.05, 3.63) is 17.7 Å². The molecule has 0 aliphatic rings. The molecule has 0 saturated heterocycles. The van der Waals surface area contributed by atoms with Crippen LogP contribution in [0.15, 0.2) is 6.20 Å². The summed E-state index contributed by atoms with van der Waals surface area (Å²) in [5.41, 5.74) is 4.28. The molecule has 1 aromatic rings. The van der Waals surface area contributed by atoms with Gasteiger partial charge in [-0.25, -0.2) is 4.68 Å². The third-order valence-corrected chi connectivity index (χ3v) is 1.61. The number of halogens is 1. The van der Waals surface area contributed by atoms with Gasteiger partial charge >= 0.3 is 0 Å². The highest BCUT2D eigenvalue weighted by molar-refractivity contribution is 5.92. The van der Waals surface area contributed by atoms with Gasteiger partial charge in [0.05, 0.1) is 11.7 Å². The Morgan fingerprint density at radius 1 is 1.62 bits per heavy atom. The highest BCUT2D eigenvalue weighted by Gasteiger charge is 2.22. The van der Waals surface area contributed by atoms with Crippen LogP contribution in [0.4, 0.5) is 4.39 Å². The topological polar surface area (TPSA) is 60.9 Å².